The molecule has 1 atom stereocenters. The molecule has 2 heteroatoms. The van der Waals surface area contributed by atoms with Gasteiger partial charge < -0.3 is 0 Å². The van der Waals surface area contributed by atoms with Crippen LogP contribution in [0.25, 0.3) is 11.4 Å². The molecule has 0 saturated carbocycles. The fourth-order valence-corrected chi connectivity index (χ4v) is 4.83. The fraction of sp³-hybridized carbons (Fsp3) is 0.697. The van der Waals surface area contributed by atoms with E-state index in [1.54, 1.807) is 0 Å². The van der Waals surface area contributed by atoms with Crippen LogP contribution in [0.5, 0.6) is 0 Å². The fourth-order valence-electron chi connectivity index (χ4n) is 4.83. The first-order chi connectivity index (χ1) is 17.2. The van der Waals surface area contributed by atoms with Gasteiger partial charge in [0.25, 0.3) is 0 Å². The van der Waals surface area contributed by atoms with Gasteiger partial charge in [-0.3, -0.25) is 0 Å². The highest BCUT2D eigenvalue weighted by molar-refractivity contribution is 5.55. The Balaban J connectivity index is 1.55. The van der Waals surface area contributed by atoms with E-state index in [9.17, 15) is 0 Å². The van der Waals surface area contributed by atoms with E-state index in [4.69, 9.17) is 0 Å². The number of hydrogen-bond acceptors (Lipinski definition) is 2. The lowest BCUT2D eigenvalue weighted by Crippen LogP contribution is -1.94. The highest BCUT2D eigenvalue weighted by Gasteiger charge is 2.04. The summed E-state index contributed by atoms with van der Waals surface area (Å²) in [5.74, 6) is 1.73. The van der Waals surface area contributed by atoms with Crippen molar-refractivity contribution in [2.24, 2.45) is 5.92 Å². The summed E-state index contributed by atoms with van der Waals surface area (Å²) >= 11 is 0. The van der Waals surface area contributed by atoms with Crippen LogP contribution in [0.4, 0.5) is 0 Å². The van der Waals surface area contributed by atoms with E-state index in [1.807, 2.05) is 12.4 Å². The van der Waals surface area contributed by atoms with Crippen molar-refractivity contribution in [2.75, 3.05) is 0 Å². The van der Waals surface area contributed by atoms with Crippen LogP contribution in [-0.4, -0.2) is 9.97 Å². The second-order valence-corrected chi connectivity index (χ2v) is 10.9. The summed E-state index contributed by atoms with van der Waals surface area (Å²) in [6.45, 7) is 6.95. The van der Waals surface area contributed by atoms with E-state index in [-0.39, 0.29) is 0 Å². The van der Waals surface area contributed by atoms with Gasteiger partial charge in [-0.25, -0.2) is 9.97 Å². The van der Waals surface area contributed by atoms with Crippen molar-refractivity contribution in [1.82, 2.24) is 9.97 Å². The molecule has 0 fully saturated rings. The van der Waals surface area contributed by atoms with Gasteiger partial charge >= 0.3 is 0 Å². The van der Waals surface area contributed by atoms with Crippen LogP contribution in [-0.2, 0) is 12.8 Å². The van der Waals surface area contributed by atoms with Gasteiger partial charge in [-0.15, -0.1) is 0 Å². The van der Waals surface area contributed by atoms with E-state index in [1.165, 1.54) is 127 Å². The molecular formula is C33H54N2. The van der Waals surface area contributed by atoms with Crippen LogP contribution in [0.3, 0.4) is 0 Å². The Kier molecular flexibility index (Phi) is 16.4. The van der Waals surface area contributed by atoms with Crippen molar-refractivity contribution < 1.29 is 0 Å². The Morgan fingerprint density at radius 3 is 1.60 bits per heavy atom. The van der Waals surface area contributed by atoms with Crippen LogP contribution in [0.1, 0.15) is 141 Å². The molecule has 0 bridgehead atoms. The van der Waals surface area contributed by atoms with Crippen molar-refractivity contribution in [2.45, 2.75) is 143 Å². The summed E-state index contributed by atoms with van der Waals surface area (Å²) in [6.07, 6.45) is 29.8. The van der Waals surface area contributed by atoms with Crippen LogP contribution in [0, 0.1) is 5.92 Å². The maximum atomic E-state index is 4.65. The first kappa shape index (κ1) is 29.5. The molecule has 0 aliphatic heterocycles. The van der Waals surface area contributed by atoms with Gasteiger partial charge in [0.2, 0.25) is 0 Å². The van der Waals surface area contributed by atoms with Gasteiger partial charge in [0.15, 0.2) is 5.82 Å². The number of nitrogens with zero attached hydrogens (tertiary/aromatic N) is 2. The largest absolute Gasteiger partial charge is 0.236 e. The molecule has 2 rings (SSSR count). The summed E-state index contributed by atoms with van der Waals surface area (Å²) in [5, 5.41) is 0. The lowest BCUT2D eigenvalue weighted by Gasteiger charge is -2.08. The molecule has 0 N–H and O–H groups in total. The van der Waals surface area contributed by atoms with Crippen molar-refractivity contribution in [3.8, 4) is 11.4 Å². The molecule has 1 aromatic carbocycles. The zero-order valence-corrected chi connectivity index (χ0v) is 23.4. The molecule has 1 aromatic heterocycles. The number of rotatable bonds is 21. The average molecular weight is 479 g/mol. The molecule has 0 aliphatic rings. The maximum absolute atomic E-state index is 4.65. The predicted molar refractivity (Wildman–Crippen MR) is 154 cm³/mol. The lowest BCUT2D eigenvalue weighted by molar-refractivity contribution is 0.478. The second-order valence-electron chi connectivity index (χ2n) is 10.9. The van der Waals surface area contributed by atoms with Crippen molar-refractivity contribution in [3.05, 3.63) is 47.8 Å². The third-order valence-electron chi connectivity index (χ3n) is 7.60. The van der Waals surface area contributed by atoms with Crippen molar-refractivity contribution >= 4 is 0 Å². The molecule has 0 aliphatic carbocycles. The van der Waals surface area contributed by atoms with Crippen LogP contribution >= 0.6 is 0 Å². The molecule has 0 spiro atoms. The number of benzene rings is 1. The van der Waals surface area contributed by atoms with Crippen LogP contribution in [0.15, 0.2) is 36.7 Å². The average Bonchev–Trinajstić information content (AvgIpc) is 2.89. The Morgan fingerprint density at radius 2 is 1.06 bits per heavy atom. The third-order valence-corrected chi connectivity index (χ3v) is 7.60. The predicted octanol–water partition coefficient (Wildman–Crippen LogP) is 10.5. The topological polar surface area (TPSA) is 25.8 Å². The Morgan fingerprint density at radius 1 is 0.571 bits per heavy atom. The molecule has 2 aromatic rings. The highest BCUT2D eigenvalue weighted by atomic mass is 14.9. The minimum Gasteiger partial charge on any atom is -0.236 e. The lowest BCUT2D eigenvalue weighted by atomic mass is 9.99. The van der Waals surface area contributed by atoms with Gasteiger partial charge in [-0.2, -0.15) is 0 Å². The molecule has 0 saturated heterocycles. The monoisotopic (exact) mass is 478 g/mol. The smallest absolute Gasteiger partial charge is 0.159 e. The van der Waals surface area contributed by atoms with Crippen LogP contribution < -0.4 is 0 Å². The molecule has 35 heavy (non-hydrogen) atoms. The first-order valence-electron chi connectivity index (χ1n) is 15.1. The van der Waals surface area contributed by atoms with Gasteiger partial charge in [0, 0.05) is 18.0 Å². The first-order valence-corrected chi connectivity index (χ1v) is 15.1. The number of hydrogen-bond donors (Lipinski definition) is 0. The summed E-state index contributed by atoms with van der Waals surface area (Å²) in [7, 11) is 0. The van der Waals surface area contributed by atoms with E-state index < -0.39 is 0 Å². The molecular weight excluding hydrogens is 424 g/mol. The van der Waals surface area contributed by atoms with Gasteiger partial charge in [0.05, 0.1) is 0 Å². The summed E-state index contributed by atoms with van der Waals surface area (Å²) in [5.41, 5.74) is 3.83. The molecule has 1 heterocycles. The zero-order valence-electron chi connectivity index (χ0n) is 23.4. The SMILES string of the molecule is CCCCCCCCCCCCCCc1cnc(-c2ccc(CCCCCC(C)CC)cc2)nc1. The van der Waals surface area contributed by atoms with Gasteiger partial charge in [-0.05, 0) is 42.7 Å². The molecule has 196 valence electrons. The second kappa shape index (κ2) is 19.5. The van der Waals surface area contributed by atoms with E-state index >= 15 is 0 Å². The summed E-state index contributed by atoms with van der Waals surface area (Å²) < 4.78 is 0. The van der Waals surface area contributed by atoms with E-state index in [0.29, 0.717) is 0 Å². The number of aromatic nitrogens is 2. The van der Waals surface area contributed by atoms with E-state index in [2.05, 4.69) is 55.0 Å². The Bertz CT molecular complexity index is 735. The third kappa shape index (κ3) is 13.8. The molecule has 2 nitrogen and oxygen atoms in total. The van der Waals surface area contributed by atoms with Gasteiger partial charge in [-0.1, -0.05) is 141 Å². The molecule has 0 amide bonds. The van der Waals surface area contributed by atoms with Crippen molar-refractivity contribution in [3.63, 3.8) is 0 Å². The number of aryl methyl sites for hydroxylation is 2. The molecule has 0 radical (unpaired) electrons. The summed E-state index contributed by atoms with van der Waals surface area (Å²) in [6, 6.07) is 8.89. The standard InChI is InChI=1S/C33H54N2/c1-4-6-7-8-9-10-11-12-13-14-15-18-22-31-27-34-33(35-28-31)32-25-23-30(24-26-32)21-19-16-17-20-29(3)5-2/h23-29H,4-22H2,1-3H3. The van der Waals surface area contributed by atoms with Crippen LogP contribution in [0.2, 0.25) is 0 Å². The zero-order chi connectivity index (χ0) is 25.0. The minimum atomic E-state index is 0.851. The Labute approximate surface area is 217 Å². The summed E-state index contributed by atoms with van der Waals surface area (Å²) in [4.78, 5) is 9.31. The molecule has 1 unspecified atom stereocenters. The maximum Gasteiger partial charge on any atom is 0.159 e. The van der Waals surface area contributed by atoms with Gasteiger partial charge in [0.1, 0.15) is 0 Å². The van der Waals surface area contributed by atoms with E-state index in [0.717, 1.165) is 23.7 Å². The Hall–Kier alpha value is -1.70. The van der Waals surface area contributed by atoms with Crippen molar-refractivity contribution in [1.29, 1.82) is 0 Å². The normalized spacial score (nSPS) is 12.2. The highest BCUT2D eigenvalue weighted by Crippen LogP contribution is 2.19. The number of unbranched alkanes of at least 4 members (excludes halogenated alkanes) is 13. The minimum absolute atomic E-state index is 0.851. The quantitative estimate of drug-likeness (QED) is 0.167.